The zero-order valence-corrected chi connectivity index (χ0v) is 9.67. The number of piperidine rings is 1. The molecule has 1 N–H and O–H groups in total. The molecule has 0 aliphatic carbocycles. The van der Waals surface area contributed by atoms with Crippen molar-refractivity contribution in [3.8, 4) is 0 Å². The molecule has 2 heterocycles. The first-order valence-corrected chi connectivity index (χ1v) is 5.68. The summed E-state index contributed by atoms with van der Waals surface area (Å²) >= 11 is 6.06. The van der Waals surface area contributed by atoms with Crippen LogP contribution < -0.4 is 5.32 Å². The van der Waals surface area contributed by atoms with Gasteiger partial charge in [0.2, 0.25) is 0 Å². The molecule has 0 atom stereocenters. The van der Waals surface area contributed by atoms with Gasteiger partial charge in [-0.2, -0.15) is 0 Å². The van der Waals surface area contributed by atoms with Gasteiger partial charge in [0.25, 0.3) is 0 Å². The van der Waals surface area contributed by atoms with E-state index in [1.807, 2.05) is 6.07 Å². The number of anilines is 1. The topological polar surface area (TPSA) is 28.2 Å². The number of nitrogens with zero attached hydrogens (tertiary/aromatic N) is 2. The highest BCUT2D eigenvalue weighted by atomic mass is 35.5. The van der Waals surface area contributed by atoms with E-state index in [1.54, 1.807) is 12.4 Å². The number of nitrogens with one attached hydrogen (secondary N) is 1. The van der Waals surface area contributed by atoms with E-state index in [0.717, 1.165) is 23.8 Å². The van der Waals surface area contributed by atoms with Crippen LogP contribution in [0.5, 0.6) is 0 Å². The highest BCUT2D eigenvalue weighted by Gasteiger charge is 2.16. The summed E-state index contributed by atoms with van der Waals surface area (Å²) in [6, 6.07) is 2.35. The monoisotopic (exact) mass is 225 g/mol. The van der Waals surface area contributed by atoms with Gasteiger partial charge >= 0.3 is 0 Å². The second-order valence-corrected chi connectivity index (χ2v) is 4.48. The first-order chi connectivity index (χ1) is 7.25. The summed E-state index contributed by atoms with van der Waals surface area (Å²) in [6.07, 6.45) is 5.84. The lowest BCUT2D eigenvalue weighted by molar-refractivity contribution is 0.264. The fourth-order valence-corrected chi connectivity index (χ4v) is 2.02. The lowest BCUT2D eigenvalue weighted by atomic mass is 10.1. The summed E-state index contributed by atoms with van der Waals surface area (Å²) in [5.41, 5.74) is 0.953. The van der Waals surface area contributed by atoms with Crippen LogP contribution >= 0.6 is 11.6 Å². The fourth-order valence-electron chi connectivity index (χ4n) is 1.86. The number of aromatic nitrogens is 1. The Balaban J connectivity index is 1.95. The van der Waals surface area contributed by atoms with Crippen LogP contribution in [0.3, 0.4) is 0 Å². The zero-order valence-electron chi connectivity index (χ0n) is 8.91. The van der Waals surface area contributed by atoms with Crippen molar-refractivity contribution in [2.45, 2.75) is 18.9 Å². The van der Waals surface area contributed by atoms with Crippen molar-refractivity contribution in [2.75, 3.05) is 25.5 Å². The van der Waals surface area contributed by atoms with Crippen molar-refractivity contribution >= 4 is 17.3 Å². The van der Waals surface area contributed by atoms with Crippen LogP contribution in [0.1, 0.15) is 12.8 Å². The van der Waals surface area contributed by atoms with E-state index < -0.39 is 0 Å². The largest absolute Gasteiger partial charge is 0.380 e. The quantitative estimate of drug-likeness (QED) is 0.837. The summed E-state index contributed by atoms with van der Waals surface area (Å²) in [4.78, 5) is 6.42. The number of halogens is 1. The van der Waals surface area contributed by atoms with Gasteiger partial charge in [-0.1, -0.05) is 11.6 Å². The van der Waals surface area contributed by atoms with Gasteiger partial charge < -0.3 is 10.2 Å². The minimum absolute atomic E-state index is 0.530. The maximum Gasteiger partial charge on any atom is 0.0718 e. The predicted molar refractivity (Wildman–Crippen MR) is 63.4 cm³/mol. The maximum atomic E-state index is 6.06. The normalized spacial score (nSPS) is 19.1. The second kappa shape index (κ2) is 4.81. The van der Waals surface area contributed by atoms with Crippen molar-refractivity contribution in [2.24, 2.45) is 0 Å². The Bertz CT molecular complexity index is 321. The number of rotatable bonds is 2. The van der Waals surface area contributed by atoms with Crippen LogP contribution in [0.25, 0.3) is 0 Å². The Kier molecular flexibility index (Phi) is 3.44. The van der Waals surface area contributed by atoms with Crippen LogP contribution in [0.2, 0.25) is 5.02 Å². The molecule has 2 rings (SSSR count). The summed E-state index contributed by atoms with van der Waals surface area (Å²) in [6.45, 7) is 2.30. The highest BCUT2D eigenvalue weighted by Crippen LogP contribution is 2.22. The van der Waals surface area contributed by atoms with Gasteiger partial charge in [-0.25, -0.2) is 0 Å². The lowest BCUT2D eigenvalue weighted by Crippen LogP contribution is -2.36. The van der Waals surface area contributed by atoms with Gasteiger partial charge in [-0.15, -0.1) is 0 Å². The van der Waals surface area contributed by atoms with Gasteiger partial charge in [0.15, 0.2) is 0 Å². The van der Waals surface area contributed by atoms with E-state index in [-0.39, 0.29) is 0 Å². The van der Waals surface area contributed by atoms with Crippen molar-refractivity contribution in [3.63, 3.8) is 0 Å². The average molecular weight is 226 g/mol. The maximum absolute atomic E-state index is 6.06. The number of hydrogen-bond acceptors (Lipinski definition) is 3. The zero-order chi connectivity index (χ0) is 10.7. The van der Waals surface area contributed by atoms with Crippen LogP contribution in [0, 0.1) is 0 Å². The predicted octanol–water partition coefficient (Wildman–Crippen LogP) is 2.24. The molecule has 0 saturated carbocycles. The highest BCUT2D eigenvalue weighted by molar-refractivity contribution is 6.33. The Labute approximate surface area is 95.4 Å². The number of hydrogen-bond donors (Lipinski definition) is 1. The summed E-state index contributed by atoms with van der Waals surface area (Å²) < 4.78 is 0. The molecule has 0 bridgehead atoms. The molecule has 4 heteroatoms. The molecule has 0 unspecified atom stereocenters. The van der Waals surface area contributed by atoms with Crippen molar-refractivity contribution < 1.29 is 0 Å². The number of likely N-dealkylation sites (tertiary alicyclic amines) is 1. The molecular formula is C11H16ClN3. The Morgan fingerprint density at radius 2 is 2.20 bits per heavy atom. The smallest absolute Gasteiger partial charge is 0.0718 e. The van der Waals surface area contributed by atoms with E-state index in [4.69, 9.17) is 11.6 Å². The Hall–Kier alpha value is -0.800. The van der Waals surface area contributed by atoms with E-state index >= 15 is 0 Å². The standard InChI is InChI=1S/C11H16ClN3/c1-15-6-3-9(4-7-15)14-11-8-13-5-2-10(11)12/h2,5,8-9,14H,3-4,6-7H2,1H3. The molecule has 3 nitrogen and oxygen atoms in total. The molecule has 15 heavy (non-hydrogen) atoms. The first-order valence-electron chi connectivity index (χ1n) is 5.30. The van der Waals surface area contributed by atoms with Crippen LogP contribution in [0.15, 0.2) is 18.5 Å². The van der Waals surface area contributed by atoms with E-state index in [1.165, 1.54) is 12.8 Å². The molecule has 1 aromatic heterocycles. The minimum atomic E-state index is 0.530. The molecule has 1 aliphatic heterocycles. The Morgan fingerprint density at radius 3 is 2.87 bits per heavy atom. The van der Waals surface area contributed by atoms with Crippen LogP contribution in [-0.2, 0) is 0 Å². The third-order valence-electron chi connectivity index (χ3n) is 2.85. The first kappa shape index (κ1) is 10.7. The molecule has 1 fully saturated rings. The van der Waals surface area contributed by atoms with Gasteiger partial charge in [-0.05, 0) is 39.0 Å². The molecule has 1 aliphatic rings. The van der Waals surface area contributed by atoms with E-state index in [9.17, 15) is 0 Å². The van der Waals surface area contributed by atoms with Crippen LogP contribution in [0.4, 0.5) is 5.69 Å². The summed E-state index contributed by atoms with van der Waals surface area (Å²) in [5, 5.41) is 4.20. The molecule has 82 valence electrons. The molecule has 0 aromatic carbocycles. The van der Waals surface area contributed by atoms with E-state index in [2.05, 4.69) is 22.2 Å². The summed E-state index contributed by atoms with van der Waals surface area (Å²) in [7, 11) is 2.16. The molecule has 0 spiro atoms. The van der Waals surface area contributed by atoms with Gasteiger partial charge in [-0.3, -0.25) is 4.98 Å². The number of pyridine rings is 1. The van der Waals surface area contributed by atoms with Gasteiger partial charge in [0.1, 0.15) is 0 Å². The molecule has 0 amide bonds. The van der Waals surface area contributed by atoms with Gasteiger partial charge in [0, 0.05) is 12.2 Å². The molecule has 1 saturated heterocycles. The third-order valence-corrected chi connectivity index (χ3v) is 3.18. The summed E-state index contributed by atoms with van der Waals surface area (Å²) in [5.74, 6) is 0. The van der Waals surface area contributed by atoms with Crippen molar-refractivity contribution in [3.05, 3.63) is 23.5 Å². The minimum Gasteiger partial charge on any atom is -0.380 e. The van der Waals surface area contributed by atoms with Gasteiger partial charge in [0.05, 0.1) is 16.9 Å². The van der Waals surface area contributed by atoms with E-state index in [0.29, 0.717) is 6.04 Å². The second-order valence-electron chi connectivity index (χ2n) is 4.08. The third kappa shape index (κ3) is 2.83. The lowest BCUT2D eigenvalue weighted by Gasteiger charge is -2.30. The molecule has 0 radical (unpaired) electrons. The average Bonchev–Trinajstić information content (AvgIpc) is 2.25. The SMILES string of the molecule is CN1CCC(Nc2cnccc2Cl)CC1. The Morgan fingerprint density at radius 1 is 1.47 bits per heavy atom. The van der Waals surface area contributed by atoms with Crippen molar-refractivity contribution in [1.29, 1.82) is 0 Å². The molecular weight excluding hydrogens is 210 g/mol. The van der Waals surface area contributed by atoms with Crippen LogP contribution in [-0.4, -0.2) is 36.1 Å². The van der Waals surface area contributed by atoms with Crippen molar-refractivity contribution in [1.82, 2.24) is 9.88 Å². The molecule has 1 aromatic rings. The fraction of sp³-hybridized carbons (Fsp3) is 0.545.